The van der Waals surface area contributed by atoms with Gasteiger partial charge in [-0.1, -0.05) is 0 Å². The van der Waals surface area contributed by atoms with Crippen molar-refractivity contribution in [3.8, 4) is 0 Å². The first-order valence-electron chi connectivity index (χ1n) is 6.03. The standard InChI is InChI=1S/C11H18N2O3S/c14-10(15)9-2-4-13(8-9)11(16)12-3-1-6-17-7-5-12/h9H,1-8H2,(H,14,15). The van der Waals surface area contributed by atoms with Gasteiger partial charge in [-0.3, -0.25) is 4.79 Å². The fourth-order valence-electron chi connectivity index (χ4n) is 2.27. The molecule has 0 aliphatic carbocycles. The Morgan fingerprint density at radius 1 is 1.12 bits per heavy atom. The first kappa shape index (κ1) is 12.5. The molecule has 2 aliphatic heterocycles. The normalized spacial score (nSPS) is 25.8. The molecule has 0 radical (unpaired) electrons. The zero-order valence-electron chi connectivity index (χ0n) is 9.80. The van der Waals surface area contributed by atoms with Gasteiger partial charge in [0.25, 0.3) is 0 Å². The van der Waals surface area contributed by atoms with Crippen LogP contribution in [0, 0.1) is 5.92 Å². The molecule has 0 saturated carbocycles. The predicted molar refractivity (Wildman–Crippen MR) is 66.2 cm³/mol. The molecule has 2 rings (SSSR count). The summed E-state index contributed by atoms with van der Waals surface area (Å²) in [6.45, 7) is 2.55. The summed E-state index contributed by atoms with van der Waals surface area (Å²) in [5.74, 6) is 0.941. The second-order valence-corrected chi connectivity index (χ2v) is 5.73. The minimum atomic E-state index is -0.785. The summed E-state index contributed by atoms with van der Waals surface area (Å²) in [7, 11) is 0. The largest absolute Gasteiger partial charge is 0.481 e. The van der Waals surface area contributed by atoms with Crippen LogP contribution in [0.3, 0.4) is 0 Å². The lowest BCUT2D eigenvalue weighted by Crippen LogP contribution is -2.43. The molecule has 1 N–H and O–H groups in total. The predicted octanol–water partition coefficient (Wildman–Crippen LogP) is 0.952. The van der Waals surface area contributed by atoms with E-state index < -0.39 is 5.97 Å². The van der Waals surface area contributed by atoms with Crippen molar-refractivity contribution in [1.29, 1.82) is 0 Å². The average molecular weight is 258 g/mol. The highest BCUT2D eigenvalue weighted by Crippen LogP contribution is 2.19. The second-order valence-electron chi connectivity index (χ2n) is 4.51. The number of thioether (sulfide) groups is 1. The van der Waals surface area contributed by atoms with Crippen molar-refractivity contribution in [2.75, 3.05) is 37.7 Å². The van der Waals surface area contributed by atoms with E-state index in [1.54, 1.807) is 4.90 Å². The SMILES string of the molecule is O=C(O)C1CCN(C(=O)N2CCCSCC2)C1. The lowest BCUT2D eigenvalue weighted by atomic mass is 10.1. The monoisotopic (exact) mass is 258 g/mol. The molecule has 17 heavy (non-hydrogen) atoms. The third kappa shape index (κ3) is 3.06. The molecular formula is C11H18N2O3S. The maximum Gasteiger partial charge on any atom is 0.320 e. The van der Waals surface area contributed by atoms with Gasteiger partial charge in [-0.2, -0.15) is 11.8 Å². The number of hydrogen-bond donors (Lipinski definition) is 1. The lowest BCUT2D eigenvalue weighted by Gasteiger charge is -2.26. The van der Waals surface area contributed by atoms with Crippen molar-refractivity contribution in [2.24, 2.45) is 5.92 Å². The van der Waals surface area contributed by atoms with Crippen LogP contribution in [-0.4, -0.2) is 64.6 Å². The summed E-state index contributed by atoms with van der Waals surface area (Å²) in [6, 6.07) is 0.0243. The van der Waals surface area contributed by atoms with Crippen molar-refractivity contribution < 1.29 is 14.7 Å². The van der Waals surface area contributed by atoms with Gasteiger partial charge in [-0.05, 0) is 18.6 Å². The van der Waals surface area contributed by atoms with Crippen LogP contribution >= 0.6 is 11.8 Å². The van der Waals surface area contributed by atoms with E-state index in [1.165, 1.54) is 0 Å². The van der Waals surface area contributed by atoms with Gasteiger partial charge in [0, 0.05) is 31.9 Å². The fraction of sp³-hybridized carbons (Fsp3) is 0.818. The maximum absolute atomic E-state index is 12.2. The Labute approximate surface area is 105 Å². The Balaban J connectivity index is 1.89. The molecule has 0 aromatic heterocycles. The number of hydrogen-bond acceptors (Lipinski definition) is 3. The molecule has 0 aromatic carbocycles. The van der Waals surface area contributed by atoms with E-state index in [2.05, 4.69) is 0 Å². The van der Waals surface area contributed by atoms with Crippen LogP contribution < -0.4 is 0 Å². The molecule has 2 aliphatic rings. The highest BCUT2D eigenvalue weighted by Gasteiger charge is 2.32. The van der Waals surface area contributed by atoms with Crippen LogP contribution in [0.1, 0.15) is 12.8 Å². The molecule has 2 fully saturated rings. The molecule has 1 atom stereocenters. The van der Waals surface area contributed by atoms with Crippen LogP contribution in [0.2, 0.25) is 0 Å². The zero-order chi connectivity index (χ0) is 12.3. The van der Waals surface area contributed by atoms with E-state index in [4.69, 9.17) is 5.11 Å². The molecule has 2 saturated heterocycles. The Bertz CT molecular complexity index is 303. The Kier molecular flexibility index (Phi) is 4.15. The number of carbonyl (C=O) groups excluding carboxylic acids is 1. The number of carbonyl (C=O) groups is 2. The third-order valence-corrected chi connectivity index (χ3v) is 4.35. The number of carboxylic acids is 1. The van der Waals surface area contributed by atoms with Gasteiger partial charge < -0.3 is 14.9 Å². The quantitative estimate of drug-likeness (QED) is 0.761. The highest BCUT2D eigenvalue weighted by atomic mass is 32.2. The number of aliphatic carboxylic acids is 1. The molecule has 96 valence electrons. The summed E-state index contributed by atoms with van der Waals surface area (Å²) < 4.78 is 0. The van der Waals surface area contributed by atoms with Gasteiger partial charge in [0.2, 0.25) is 0 Å². The van der Waals surface area contributed by atoms with Crippen LogP contribution in [0.4, 0.5) is 4.79 Å². The third-order valence-electron chi connectivity index (χ3n) is 3.30. The molecule has 6 heteroatoms. The van der Waals surface area contributed by atoms with Crippen molar-refractivity contribution in [2.45, 2.75) is 12.8 Å². The van der Waals surface area contributed by atoms with Crippen LogP contribution in [-0.2, 0) is 4.79 Å². The van der Waals surface area contributed by atoms with E-state index >= 15 is 0 Å². The first-order chi connectivity index (χ1) is 8.18. The number of nitrogens with zero attached hydrogens (tertiary/aromatic N) is 2. The molecular weight excluding hydrogens is 240 g/mol. The van der Waals surface area contributed by atoms with E-state index in [0.717, 1.165) is 31.0 Å². The Morgan fingerprint density at radius 3 is 2.65 bits per heavy atom. The van der Waals surface area contributed by atoms with Crippen LogP contribution in [0.15, 0.2) is 0 Å². The topological polar surface area (TPSA) is 60.9 Å². The summed E-state index contributed by atoms with van der Waals surface area (Å²) in [6.07, 6.45) is 1.62. The molecule has 0 spiro atoms. The Hall–Kier alpha value is -0.910. The van der Waals surface area contributed by atoms with Crippen molar-refractivity contribution in [3.05, 3.63) is 0 Å². The van der Waals surface area contributed by atoms with E-state index in [0.29, 0.717) is 19.5 Å². The van der Waals surface area contributed by atoms with Gasteiger partial charge in [0.1, 0.15) is 0 Å². The van der Waals surface area contributed by atoms with Crippen molar-refractivity contribution in [3.63, 3.8) is 0 Å². The molecule has 1 unspecified atom stereocenters. The number of likely N-dealkylation sites (tertiary alicyclic amines) is 1. The molecule has 0 aromatic rings. The van der Waals surface area contributed by atoms with Gasteiger partial charge in [-0.25, -0.2) is 4.79 Å². The van der Waals surface area contributed by atoms with Crippen molar-refractivity contribution >= 4 is 23.8 Å². The number of rotatable bonds is 1. The lowest BCUT2D eigenvalue weighted by molar-refractivity contribution is -0.141. The van der Waals surface area contributed by atoms with Crippen LogP contribution in [0.5, 0.6) is 0 Å². The summed E-state index contributed by atoms with van der Waals surface area (Å²) in [5.41, 5.74) is 0. The minimum Gasteiger partial charge on any atom is -0.481 e. The van der Waals surface area contributed by atoms with Gasteiger partial charge >= 0.3 is 12.0 Å². The number of urea groups is 1. The molecule has 5 nitrogen and oxygen atoms in total. The number of amides is 2. The molecule has 2 heterocycles. The smallest absolute Gasteiger partial charge is 0.320 e. The minimum absolute atomic E-state index is 0.0243. The molecule has 0 bridgehead atoms. The summed E-state index contributed by atoms with van der Waals surface area (Å²) in [4.78, 5) is 26.6. The second kappa shape index (κ2) is 5.62. The van der Waals surface area contributed by atoms with E-state index in [1.807, 2.05) is 16.7 Å². The first-order valence-corrected chi connectivity index (χ1v) is 7.18. The average Bonchev–Trinajstić information content (AvgIpc) is 2.65. The van der Waals surface area contributed by atoms with Crippen LogP contribution in [0.25, 0.3) is 0 Å². The molecule has 2 amide bonds. The number of carboxylic acid groups (broad SMARTS) is 1. The zero-order valence-corrected chi connectivity index (χ0v) is 10.6. The maximum atomic E-state index is 12.2. The highest BCUT2D eigenvalue weighted by molar-refractivity contribution is 7.99. The van der Waals surface area contributed by atoms with Gasteiger partial charge in [0.15, 0.2) is 0 Å². The van der Waals surface area contributed by atoms with Gasteiger partial charge in [0.05, 0.1) is 5.92 Å². The summed E-state index contributed by atoms with van der Waals surface area (Å²) >= 11 is 1.88. The van der Waals surface area contributed by atoms with E-state index in [-0.39, 0.29) is 11.9 Å². The Morgan fingerprint density at radius 2 is 1.94 bits per heavy atom. The summed E-state index contributed by atoms with van der Waals surface area (Å²) in [5, 5.41) is 8.91. The van der Waals surface area contributed by atoms with E-state index in [9.17, 15) is 9.59 Å². The van der Waals surface area contributed by atoms with Gasteiger partial charge in [-0.15, -0.1) is 0 Å². The van der Waals surface area contributed by atoms with Crippen molar-refractivity contribution in [1.82, 2.24) is 9.80 Å². The fourth-order valence-corrected chi connectivity index (χ4v) is 3.16.